The summed E-state index contributed by atoms with van der Waals surface area (Å²) in [7, 11) is 0. The molecule has 0 atom stereocenters. The lowest BCUT2D eigenvalue weighted by Gasteiger charge is -2.10. The Morgan fingerprint density at radius 2 is 1.68 bits per heavy atom. The van der Waals surface area contributed by atoms with E-state index in [1.54, 1.807) is 0 Å². The molecular formula is C21H27ClN4O2. The summed E-state index contributed by atoms with van der Waals surface area (Å²) in [4.78, 5) is 24.0. The summed E-state index contributed by atoms with van der Waals surface area (Å²) in [6.45, 7) is 3.66. The van der Waals surface area contributed by atoms with Gasteiger partial charge in [-0.3, -0.25) is 4.79 Å². The molecule has 2 aromatic rings. The monoisotopic (exact) mass is 402 g/mol. The van der Waals surface area contributed by atoms with E-state index in [-0.39, 0.29) is 24.3 Å². The van der Waals surface area contributed by atoms with Crippen LogP contribution in [0, 0.1) is 12.8 Å². The molecule has 150 valence electrons. The number of rotatable bonds is 8. The third-order valence-electron chi connectivity index (χ3n) is 4.37. The minimum absolute atomic E-state index is 0. The summed E-state index contributed by atoms with van der Waals surface area (Å²) in [6.07, 6.45) is 2.54. The van der Waals surface area contributed by atoms with E-state index in [1.165, 1.54) is 12.8 Å². The first-order chi connectivity index (χ1) is 13.1. The van der Waals surface area contributed by atoms with Gasteiger partial charge in [0.15, 0.2) is 0 Å². The molecule has 1 aliphatic carbocycles. The van der Waals surface area contributed by atoms with Gasteiger partial charge in [-0.1, -0.05) is 24.3 Å². The summed E-state index contributed by atoms with van der Waals surface area (Å²) >= 11 is 0. The van der Waals surface area contributed by atoms with Gasteiger partial charge in [-0.05, 0) is 67.6 Å². The quantitative estimate of drug-likeness (QED) is 0.543. The van der Waals surface area contributed by atoms with Gasteiger partial charge in [-0.25, -0.2) is 4.79 Å². The predicted molar refractivity (Wildman–Crippen MR) is 115 cm³/mol. The molecule has 28 heavy (non-hydrogen) atoms. The van der Waals surface area contributed by atoms with E-state index in [9.17, 15) is 9.59 Å². The highest BCUT2D eigenvalue weighted by Crippen LogP contribution is 2.27. The summed E-state index contributed by atoms with van der Waals surface area (Å²) in [6, 6.07) is 14.8. The molecule has 0 radical (unpaired) electrons. The van der Waals surface area contributed by atoms with Gasteiger partial charge in [0, 0.05) is 17.9 Å². The van der Waals surface area contributed by atoms with E-state index in [4.69, 9.17) is 0 Å². The first-order valence-electron chi connectivity index (χ1n) is 9.29. The summed E-state index contributed by atoms with van der Waals surface area (Å²) in [5.41, 5.74) is 3.43. The maximum atomic E-state index is 12.1. The molecule has 0 aliphatic heterocycles. The number of aryl methyl sites for hydroxylation is 1. The molecule has 4 N–H and O–H groups in total. The Hall–Kier alpha value is -2.57. The van der Waals surface area contributed by atoms with Crippen LogP contribution in [0.4, 0.5) is 16.2 Å². The van der Waals surface area contributed by atoms with Crippen LogP contribution in [-0.4, -0.2) is 25.0 Å². The Bertz CT molecular complexity index is 808. The van der Waals surface area contributed by atoms with Gasteiger partial charge in [-0.15, -0.1) is 12.4 Å². The molecule has 0 bridgehead atoms. The van der Waals surface area contributed by atoms with Crippen LogP contribution in [0.15, 0.2) is 48.5 Å². The van der Waals surface area contributed by atoms with E-state index < -0.39 is 0 Å². The molecule has 1 saturated carbocycles. The molecule has 2 aromatic carbocycles. The van der Waals surface area contributed by atoms with Crippen molar-refractivity contribution in [2.24, 2.45) is 5.92 Å². The van der Waals surface area contributed by atoms with Crippen molar-refractivity contribution in [3.05, 3.63) is 59.7 Å². The average molecular weight is 403 g/mol. The van der Waals surface area contributed by atoms with E-state index in [0.29, 0.717) is 18.8 Å². The van der Waals surface area contributed by atoms with Crippen molar-refractivity contribution in [2.45, 2.75) is 26.3 Å². The van der Waals surface area contributed by atoms with Crippen LogP contribution in [0.3, 0.4) is 0 Å². The zero-order chi connectivity index (χ0) is 19.1. The number of benzene rings is 2. The van der Waals surface area contributed by atoms with Gasteiger partial charge in [0.25, 0.3) is 0 Å². The van der Waals surface area contributed by atoms with Gasteiger partial charge in [0.1, 0.15) is 0 Å². The number of amides is 3. The van der Waals surface area contributed by atoms with Crippen molar-refractivity contribution in [3.8, 4) is 0 Å². The van der Waals surface area contributed by atoms with Crippen molar-refractivity contribution in [3.63, 3.8) is 0 Å². The van der Waals surface area contributed by atoms with E-state index in [2.05, 4.69) is 21.3 Å². The molecule has 0 saturated heterocycles. The van der Waals surface area contributed by atoms with Gasteiger partial charge in [-0.2, -0.15) is 0 Å². The molecule has 7 heteroatoms. The van der Waals surface area contributed by atoms with Gasteiger partial charge < -0.3 is 21.3 Å². The van der Waals surface area contributed by atoms with Crippen LogP contribution < -0.4 is 21.3 Å². The second-order valence-electron chi connectivity index (χ2n) is 7.00. The second kappa shape index (κ2) is 10.7. The highest BCUT2D eigenvalue weighted by atomic mass is 35.5. The predicted octanol–water partition coefficient (Wildman–Crippen LogP) is 3.68. The lowest BCUT2D eigenvalue weighted by Crippen LogP contribution is -2.34. The molecular weight excluding hydrogens is 376 g/mol. The normalized spacial score (nSPS) is 12.6. The van der Waals surface area contributed by atoms with Crippen LogP contribution in [-0.2, 0) is 11.3 Å². The van der Waals surface area contributed by atoms with Crippen molar-refractivity contribution in [1.29, 1.82) is 0 Å². The van der Waals surface area contributed by atoms with Crippen molar-refractivity contribution >= 4 is 35.7 Å². The minimum Gasteiger partial charge on any atom is -0.351 e. The molecule has 0 aromatic heterocycles. The van der Waals surface area contributed by atoms with E-state index >= 15 is 0 Å². The summed E-state index contributed by atoms with van der Waals surface area (Å²) in [5, 5.41) is 11.7. The fraction of sp³-hybridized carbons (Fsp3) is 0.333. The molecule has 6 nitrogen and oxygen atoms in total. The summed E-state index contributed by atoms with van der Waals surface area (Å²) < 4.78 is 0. The van der Waals surface area contributed by atoms with Crippen molar-refractivity contribution in [1.82, 2.24) is 10.6 Å². The standard InChI is InChI=1S/C21H26N4O2.ClH/c1-15-4-2-6-18(10-15)24-21(27)25-19-7-3-5-17(11-19)13-23-20(26)14-22-12-16-8-9-16;/h2-7,10-11,16,22H,8-9,12-14H2,1H3,(H,23,26)(H2,24,25,27);1H. The second-order valence-corrected chi connectivity index (χ2v) is 7.00. The number of hydrogen-bond acceptors (Lipinski definition) is 3. The lowest BCUT2D eigenvalue weighted by atomic mass is 10.2. The van der Waals surface area contributed by atoms with Crippen LogP contribution in [0.1, 0.15) is 24.0 Å². The van der Waals surface area contributed by atoms with Crippen LogP contribution >= 0.6 is 12.4 Å². The zero-order valence-corrected chi connectivity index (χ0v) is 16.8. The Morgan fingerprint density at radius 1 is 1.00 bits per heavy atom. The third kappa shape index (κ3) is 7.58. The number of carbonyl (C=O) groups is 2. The van der Waals surface area contributed by atoms with Crippen molar-refractivity contribution in [2.75, 3.05) is 23.7 Å². The maximum absolute atomic E-state index is 12.1. The molecule has 1 aliphatic rings. The first kappa shape index (κ1) is 21.7. The topological polar surface area (TPSA) is 82.3 Å². The van der Waals surface area contributed by atoms with Crippen LogP contribution in [0.25, 0.3) is 0 Å². The number of hydrogen-bond donors (Lipinski definition) is 4. The molecule has 3 amide bonds. The largest absolute Gasteiger partial charge is 0.351 e. The number of anilines is 2. The smallest absolute Gasteiger partial charge is 0.323 e. The van der Waals surface area contributed by atoms with E-state index in [0.717, 1.165) is 29.3 Å². The minimum atomic E-state index is -0.300. The number of urea groups is 1. The SMILES string of the molecule is Cc1cccc(NC(=O)Nc2cccc(CNC(=O)CNCC3CC3)c2)c1.Cl. The number of carbonyl (C=O) groups excluding carboxylic acids is 2. The van der Waals surface area contributed by atoms with Gasteiger partial charge in [0.05, 0.1) is 6.54 Å². The molecule has 0 heterocycles. The van der Waals surface area contributed by atoms with Crippen molar-refractivity contribution < 1.29 is 9.59 Å². The Morgan fingerprint density at radius 3 is 2.36 bits per heavy atom. The zero-order valence-electron chi connectivity index (χ0n) is 16.0. The first-order valence-corrected chi connectivity index (χ1v) is 9.29. The highest BCUT2D eigenvalue weighted by molar-refractivity contribution is 5.99. The Balaban J connectivity index is 0.00000280. The van der Waals surface area contributed by atoms with Gasteiger partial charge >= 0.3 is 6.03 Å². The molecule has 0 unspecified atom stereocenters. The molecule has 3 rings (SSSR count). The summed E-state index contributed by atoms with van der Waals surface area (Å²) in [5.74, 6) is 0.734. The van der Waals surface area contributed by atoms with E-state index in [1.807, 2.05) is 55.5 Å². The third-order valence-corrected chi connectivity index (χ3v) is 4.37. The molecule has 0 spiro atoms. The number of halogens is 1. The van der Waals surface area contributed by atoms with Crippen LogP contribution in [0.2, 0.25) is 0 Å². The number of nitrogens with one attached hydrogen (secondary N) is 4. The maximum Gasteiger partial charge on any atom is 0.323 e. The fourth-order valence-corrected chi connectivity index (χ4v) is 2.75. The molecule has 1 fully saturated rings. The van der Waals surface area contributed by atoms with Crippen LogP contribution in [0.5, 0.6) is 0 Å². The highest BCUT2D eigenvalue weighted by Gasteiger charge is 2.20. The van der Waals surface area contributed by atoms with Gasteiger partial charge in [0.2, 0.25) is 5.91 Å². The average Bonchev–Trinajstić information content (AvgIpc) is 3.44. The fourth-order valence-electron chi connectivity index (χ4n) is 2.75. The Labute approximate surface area is 171 Å². The lowest BCUT2D eigenvalue weighted by molar-refractivity contribution is -0.120. The Kier molecular flexibility index (Phi) is 8.29.